The minimum Gasteiger partial charge on any atom is -0.454 e. The van der Waals surface area contributed by atoms with Crippen molar-refractivity contribution in [2.45, 2.75) is 6.42 Å². The number of hydrogen-bond acceptors (Lipinski definition) is 4. The molecule has 0 spiro atoms. The van der Waals surface area contributed by atoms with Crippen molar-refractivity contribution in [2.75, 3.05) is 23.6 Å². The van der Waals surface area contributed by atoms with Crippen LogP contribution in [0.5, 0.6) is 11.5 Å². The predicted octanol–water partition coefficient (Wildman–Crippen LogP) is 4.07. The van der Waals surface area contributed by atoms with E-state index in [4.69, 9.17) is 9.47 Å². The third kappa shape index (κ3) is 3.48. The summed E-state index contributed by atoms with van der Waals surface area (Å²) in [5.41, 5.74) is 3.63. The molecule has 0 bridgehead atoms. The summed E-state index contributed by atoms with van der Waals surface area (Å²) in [7, 11) is 0. The largest absolute Gasteiger partial charge is 0.454 e. The zero-order chi connectivity index (χ0) is 20.5. The van der Waals surface area contributed by atoms with Gasteiger partial charge >= 0.3 is 0 Å². The van der Waals surface area contributed by atoms with E-state index < -0.39 is 5.92 Å². The summed E-state index contributed by atoms with van der Waals surface area (Å²) in [4.78, 5) is 26.9. The molecule has 1 saturated heterocycles. The molecule has 6 nitrogen and oxygen atoms in total. The molecule has 1 fully saturated rings. The third-order valence-electron chi connectivity index (χ3n) is 5.42. The van der Waals surface area contributed by atoms with Crippen molar-refractivity contribution in [3.63, 3.8) is 0 Å². The van der Waals surface area contributed by atoms with Crippen LogP contribution >= 0.6 is 0 Å². The van der Waals surface area contributed by atoms with Crippen LogP contribution in [0.2, 0.25) is 0 Å². The molecule has 3 aromatic rings. The topological polar surface area (TPSA) is 67.9 Å². The van der Waals surface area contributed by atoms with Gasteiger partial charge in [-0.05, 0) is 35.4 Å². The molecular weight excluding hydrogens is 380 g/mol. The SMILES string of the molecule is O=C(Nc1ccc(-c2ccccc2)cc1)C1CC(=O)N(c2ccc3c(c2)OCO3)C1. The first kappa shape index (κ1) is 18.2. The Bertz CT molecular complexity index is 1100. The van der Waals surface area contributed by atoms with Gasteiger partial charge < -0.3 is 19.7 Å². The van der Waals surface area contributed by atoms with Crippen LogP contribution in [-0.2, 0) is 9.59 Å². The van der Waals surface area contributed by atoms with Gasteiger partial charge in [-0.1, -0.05) is 42.5 Å². The van der Waals surface area contributed by atoms with Gasteiger partial charge in [0, 0.05) is 30.4 Å². The van der Waals surface area contributed by atoms with Crippen molar-refractivity contribution in [2.24, 2.45) is 5.92 Å². The van der Waals surface area contributed by atoms with Crippen LogP contribution in [0, 0.1) is 5.92 Å². The second kappa shape index (κ2) is 7.55. The number of nitrogens with zero attached hydrogens (tertiary/aromatic N) is 1. The molecule has 150 valence electrons. The molecule has 0 radical (unpaired) electrons. The lowest BCUT2D eigenvalue weighted by Crippen LogP contribution is -2.28. The number of carbonyl (C=O) groups excluding carboxylic acids is 2. The summed E-state index contributed by atoms with van der Waals surface area (Å²) in [6, 6.07) is 23.1. The number of ether oxygens (including phenoxy) is 2. The molecule has 2 aliphatic rings. The molecule has 0 aliphatic carbocycles. The van der Waals surface area contributed by atoms with E-state index in [-0.39, 0.29) is 25.0 Å². The molecule has 1 unspecified atom stereocenters. The summed E-state index contributed by atoms with van der Waals surface area (Å²) in [5.74, 6) is 0.648. The Kier molecular flexibility index (Phi) is 4.59. The fourth-order valence-corrected chi connectivity index (χ4v) is 3.81. The molecule has 1 N–H and O–H groups in total. The number of rotatable bonds is 4. The first-order chi connectivity index (χ1) is 14.7. The fourth-order valence-electron chi connectivity index (χ4n) is 3.81. The second-order valence-corrected chi connectivity index (χ2v) is 7.38. The molecule has 2 aliphatic heterocycles. The van der Waals surface area contributed by atoms with Crippen molar-refractivity contribution in [1.29, 1.82) is 0 Å². The van der Waals surface area contributed by atoms with Gasteiger partial charge in [-0.3, -0.25) is 9.59 Å². The second-order valence-electron chi connectivity index (χ2n) is 7.38. The van der Waals surface area contributed by atoms with Gasteiger partial charge in [0.2, 0.25) is 18.6 Å². The van der Waals surface area contributed by atoms with Crippen LogP contribution in [0.25, 0.3) is 11.1 Å². The Morgan fingerprint density at radius 3 is 2.43 bits per heavy atom. The zero-order valence-corrected chi connectivity index (χ0v) is 16.2. The van der Waals surface area contributed by atoms with E-state index in [1.54, 1.807) is 17.0 Å². The van der Waals surface area contributed by atoms with Crippen molar-refractivity contribution in [1.82, 2.24) is 0 Å². The Balaban J connectivity index is 1.25. The van der Waals surface area contributed by atoms with Gasteiger partial charge in [-0.25, -0.2) is 0 Å². The van der Waals surface area contributed by atoms with Crippen LogP contribution in [0.3, 0.4) is 0 Å². The van der Waals surface area contributed by atoms with E-state index in [9.17, 15) is 9.59 Å². The summed E-state index contributed by atoms with van der Waals surface area (Å²) in [5, 5.41) is 2.93. The molecule has 2 heterocycles. The Hall–Kier alpha value is -3.80. The molecule has 0 aromatic heterocycles. The van der Waals surface area contributed by atoms with E-state index in [1.807, 2.05) is 60.7 Å². The monoisotopic (exact) mass is 400 g/mol. The predicted molar refractivity (Wildman–Crippen MR) is 114 cm³/mol. The van der Waals surface area contributed by atoms with Crippen LogP contribution in [0.4, 0.5) is 11.4 Å². The van der Waals surface area contributed by atoms with Crippen molar-refractivity contribution in [3.05, 3.63) is 72.8 Å². The first-order valence-electron chi connectivity index (χ1n) is 9.84. The number of amides is 2. The van der Waals surface area contributed by atoms with Gasteiger partial charge in [0.25, 0.3) is 0 Å². The van der Waals surface area contributed by atoms with Crippen molar-refractivity contribution in [3.8, 4) is 22.6 Å². The maximum Gasteiger partial charge on any atom is 0.231 e. The molecule has 30 heavy (non-hydrogen) atoms. The smallest absolute Gasteiger partial charge is 0.231 e. The number of nitrogens with one attached hydrogen (secondary N) is 1. The summed E-state index contributed by atoms with van der Waals surface area (Å²) >= 11 is 0. The van der Waals surface area contributed by atoms with Crippen molar-refractivity contribution < 1.29 is 19.1 Å². The fraction of sp³-hybridized carbons (Fsp3) is 0.167. The number of fused-ring (bicyclic) bond motifs is 1. The lowest BCUT2D eigenvalue weighted by molar-refractivity contribution is -0.122. The highest BCUT2D eigenvalue weighted by Crippen LogP contribution is 2.37. The number of carbonyl (C=O) groups is 2. The lowest BCUT2D eigenvalue weighted by atomic mass is 10.0. The van der Waals surface area contributed by atoms with E-state index in [0.717, 1.165) is 11.1 Å². The molecule has 6 heteroatoms. The van der Waals surface area contributed by atoms with Crippen LogP contribution in [0.1, 0.15) is 6.42 Å². The Morgan fingerprint density at radius 2 is 1.63 bits per heavy atom. The lowest BCUT2D eigenvalue weighted by Gasteiger charge is -2.17. The van der Waals surface area contributed by atoms with Gasteiger partial charge in [-0.15, -0.1) is 0 Å². The number of benzene rings is 3. The summed E-state index contributed by atoms with van der Waals surface area (Å²) in [6.07, 6.45) is 0.183. The molecule has 3 aromatic carbocycles. The normalized spacial score (nSPS) is 17.3. The van der Waals surface area contributed by atoms with Gasteiger partial charge in [0.05, 0.1) is 5.92 Å². The minimum absolute atomic E-state index is 0.0755. The van der Waals surface area contributed by atoms with Gasteiger partial charge in [0.15, 0.2) is 11.5 Å². The molecule has 1 atom stereocenters. The van der Waals surface area contributed by atoms with Gasteiger partial charge in [-0.2, -0.15) is 0 Å². The summed E-state index contributed by atoms with van der Waals surface area (Å²) in [6.45, 7) is 0.521. The first-order valence-corrected chi connectivity index (χ1v) is 9.84. The standard InChI is InChI=1S/C24H20N2O4/c27-23-12-18(14-26(23)20-10-11-21-22(13-20)30-15-29-21)24(28)25-19-8-6-17(7-9-19)16-4-2-1-3-5-16/h1-11,13,18H,12,14-15H2,(H,25,28). The maximum atomic E-state index is 12.7. The van der Waals surface area contributed by atoms with Gasteiger partial charge in [0.1, 0.15) is 0 Å². The van der Waals surface area contributed by atoms with Crippen LogP contribution < -0.4 is 19.7 Å². The van der Waals surface area contributed by atoms with E-state index in [2.05, 4.69) is 5.32 Å². The summed E-state index contributed by atoms with van der Waals surface area (Å²) < 4.78 is 10.7. The van der Waals surface area contributed by atoms with E-state index in [0.29, 0.717) is 29.4 Å². The Labute approximate surface area is 174 Å². The Morgan fingerprint density at radius 1 is 0.900 bits per heavy atom. The molecular formula is C24H20N2O4. The highest BCUT2D eigenvalue weighted by molar-refractivity contribution is 6.03. The third-order valence-corrected chi connectivity index (χ3v) is 5.42. The maximum absolute atomic E-state index is 12.7. The number of hydrogen-bond donors (Lipinski definition) is 1. The average Bonchev–Trinajstić information content (AvgIpc) is 3.41. The molecule has 0 saturated carbocycles. The number of anilines is 2. The zero-order valence-electron chi connectivity index (χ0n) is 16.2. The molecule has 5 rings (SSSR count). The van der Waals surface area contributed by atoms with E-state index in [1.165, 1.54) is 0 Å². The highest BCUT2D eigenvalue weighted by atomic mass is 16.7. The van der Waals surface area contributed by atoms with E-state index >= 15 is 0 Å². The van der Waals surface area contributed by atoms with Crippen molar-refractivity contribution >= 4 is 23.2 Å². The van der Waals surface area contributed by atoms with Crippen LogP contribution in [0.15, 0.2) is 72.8 Å². The highest BCUT2D eigenvalue weighted by Gasteiger charge is 2.35. The average molecular weight is 400 g/mol. The van der Waals surface area contributed by atoms with Crippen LogP contribution in [-0.4, -0.2) is 25.2 Å². The minimum atomic E-state index is -0.406. The molecule has 2 amide bonds. The quantitative estimate of drug-likeness (QED) is 0.717.